The fraction of sp³-hybridized carbons (Fsp3) is 0.615. The van der Waals surface area contributed by atoms with Crippen molar-refractivity contribution >= 4 is 14.6 Å². The Labute approximate surface area is 104 Å². The van der Waals surface area contributed by atoms with E-state index < -0.39 is 8.32 Å². The predicted octanol–water partition coefficient (Wildman–Crippen LogP) is 3.54. The van der Waals surface area contributed by atoms with Crippen LogP contribution in [0.15, 0.2) is 16.7 Å². The summed E-state index contributed by atoms with van der Waals surface area (Å²) in [5.74, 6) is 0.798. The van der Waals surface area contributed by atoms with Crippen molar-refractivity contribution in [3.8, 4) is 0 Å². The lowest BCUT2D eigenvalue weighted by Crippen LogP contribution is -2.40. The van der Waals surface area contributed by atoms with Gasteiger partial charge in [0.15, 0.2) is 8.32 Å². The normalized spacial score (nSPS) is 12.8. The van der Waals surface area contributed by atoms with Crippen LogP contribution in [0.3, 0.4) is 0 Å². The SMILES string of the molecule is CC(C)(C)[Si](C)(C)OCc1cc(CC=O)co1. The highest BCUT2D eigenvalue weighted by atomic mass is 28.4. The van der Waals surface area contributed by atoms with Crippen LogP contribution in [0.25, 0.3) is 0 Å². The minimum absolute atomic E-state index is 0.200. The van der Waals surface area contributed by atoms with E-state index in [1.807, 2.05) is 6.07 Å². The molecule has 0 fully saturated rings. The molecule has 0 N–H and O–H groups in total. The van der Waals surface area contributed by atoms with Gasteiger partial charge in [-0.2, -0.15) is 0 Å². The van der Waals surface area contributed by atoms with Crippen LogP contribution in [0, 0.1) is 0 Å². The van der Waals surface area contributed by atoms with Crippen molar-refractivity contribution < 1.29 is 13.6 Å². The van der Waals surface area contributed by atoms with Crippen molar-refractivity contribution in [1.82, 2.24) is 0 Å². The Morgan fingerprint density at radius 1 is 1.41 bits per heavy atom. The molecule has 0 aliphatic rings. The minimum Gasteiger partial charge on any atom is -0.467 e. The van der Waals surface area contributed by atoms with Crippen LogP contribution in [0.4, 0.5) is 0 Å². The van der Waals surface area contributed by atoms with Gasteiger partial charge in [-0.1, -0.05) is 20.8 Å². The molecule has 0 spiro atoms. The van der Waals surface area contributed by atoms with E-state index in [2.05, 4.69) is 33.9 Å². The first-order valence-electron chi connectivity index (χ1n) is 5.90. The fourth-order valence-electron chi connectivity index (χ4n) is 1.17. The molecule has 1 aromatic heterocycles. The zero-order chi connectivity index (χ0) is 13.1. The molecule has 0 saturated carbocycles. The fourth-order valence-corrected chi connectivity index (χ4v) is 2.11. The summed E-state index contributed by atoms with van der Waals surface area (Å²) in [4.78, 5) is 10.4. The first-order chi connectivity index (χ1) is 7.76. The van der Waals surface area contributed by atoms with Gasteiger partial charge in [0.05, 0.1) is 12.9 Å². The number of carbonyl (C=O) groups excluding carboxylic acids is 1. The van der Waals surface area contributed by atoms with Crippen molar-refractivity contribution in [2.45, 2.75) is 51.9 Å². The molecule has 0 amide bonds. The second-order valence-corrected chi connectivity index (χ2v) is 10.7. The van der Waals surface area contributed by atoms with E-state index in [4.69, 9.17) is 8.84 Å². The van der Waals surface area contributed by atoms with Crippen molar-refractivity contribution in [2.75, 3.05) is 0 Å². The molecular weight excluding hydrogens is 232 g/mol. The van der Waals surface area contributed by atoms with Crippen molar-refractivity contribution in [2.24, 2.45) is 0 Å². The maximum Gasteiger partial charge on any atom is 0.192 e. The molecule has 1 heterocycles. The molecule has 0 aliphatic carbocycles. The molecule has 96 valence electrons. The molecule has 4 heteroatoms. The van der Waals surface area contributed by atoms with E-state index in [1.54, 1.807) is 6.26 Å². The molecule has 0 aliphatic heterocycles. The van der Waals surface area contributed by atoms with Gasteiger partial charge in [0.2, 0.25) is 0 Å². The lowest BCUT2D eigenvalue weighted by Gasteiger charge is -2.35. The van der Waals surface area contributed by atoms with Gasteiger partial charge in [0, 0.05) is 6.42 Å². The lowest BCUT2D eigenvalue weighted by molar-refractivity contribution is -0.107. The lowest BCUT2D eigenvalue weighted by atomic mass is 10.2. The maximum absolute atomic E-state index is 10.4. The highest BCUT2D eigenvalue weighted by molar-refractivity contribution is 6.74. The van der Waals surface area contributed by atoms with Crippen LogP contribution in [0.5, 0.6) is 0 Å². The Bertz CT molecular complexity index is 374. The van der Waals surface area contributed by atoms with Crippen LogP contribution in [-0.4, -0.2) is 14.6 Å². The number of carbonyl (C=O) groups is 1. The van der Waals surface area contributed by atoms with Gasteiger partial charge >= 0.3 is 0 Å². The van der Waals surface area contributed by atoms with Gasteiger partial charge in [-0.05, 0) is 29.8 Å². The molecule has 0 atom stereocenters. The Morgan fingerprint density at radius 3 is 2.59 bits per heavy atom. The second-order valence-electron chi connectivity index (χ2n) is 5.84. The predicted molar refractivity (Wildman–Crippen MR) is 70.5 cm³/mol. The smallest absolute Gasteiger partial charge is 0.192 e. The molecular formula is C13H22O3Si. The molecule has 0 saturated heterocycles. The van der Waals surface area contributed by atoms with Gasteiger partial charge in [0.25, 0.3) is 0 Å². The van der Waals surface area contributed by atoms with E-state index in [-0.39, 0.29) is 5.04 Å². The first-order valence-corrected chi connectivity index (χ1v) is 8.81. The van der Waals surface area contributed by atoms with E-state index in [0.717, 1.165) is 17.6 Å². The summed E-state index contributed by atoms with van der Waals surface area (Å²) in [7, 11) is -1.73. The molecule has 0 radical (unpaired) electrons. The summed E-state index contributed by atoms with van der Waals surface area (Å²) in [6.07, 6.45) is 2.91. The molecule has 1 rings (SSSR count). The van der Waals surface area contributed by atoms with Crippen LogP contribution in [0.2, 0.25) is 18.1 Å². The van der Waals surface area contributed by atoms with E-state index >= 15 is 0 Å². The van der Waals surface area contributed by atoms with Crippen molar-refractivity contribution in [3.63, 3.8) is 0 Å². The summed E-state index contributed by atoms with van der Waals surface area (Å²) < 4.78 is 11.4. The first kappa shape index (κ1) is 14.2. The van der Waals surface area contributed by atoms with Gasteiger partial charge in [-0.25, -0.2) is 0 Å². The van der Waals surface area contributed by atoms with Gasteiger partial charge in [-0.15, -0.1) is 0 Å². The molecule has 3 nitrogen and oxygen atoms in total. The van der Waals surface area contributed by atoms with Gasteiger partial charge < -0.3 is 13.6 Å². The quantitative estimate of drug-likeness (QED) is 0.596. The largest absolute Gasteiger partial charge is 0.467 e. The Hall–Kier alpha value is -0.873. The third-order valence-corrected chi connectivity index (χ3v) is 7.89. The number of hydrogen-bond donors (Lipinski definition) is 0. The van der Waals surface area contributed by atoms with Crippen molar-refractivity contribution in [1.29, 1.82) is 0 Å². The van der Waals surface area contributed by atoms with Gasteiger partial charge in [-0.3, -0.25) is 0 Å². The van der Waals surface area contributed by atoms with Crippen LogP contribution < -0.4 is 0 Å². The molecule has 1 aromatic rings. The summed E-state index contributed by atoms with van der Waals surface area (Å²) in [6, 6.07) is 1.89. The molecule has 0 bridgehead atoms. The van der Waals surface area contributed by atoms with Gasteiger partial charge in [0.1, 0.15) is 12.0 Å². The summed E-state index contributed by atoms with van der Waals surface area (Å²) in [6.45, 7) is 11.5. The zero-order valence-corrected chi connectivity index (χ0v) is 12.4. The average molecular weight is 254 g/mol. The number of rotatable bonds is 5. The van der Waals surface area contributed by atoms with Crippen molar-refractivity contribution in [3.05, 3.63) is 23.7 Å². The number of hydrogen-bond acceptors (Lipinski definition) is 3. The number of furan rings is 1. The minimum atomic E-state index is -1.73. The molecule has 0 aromatic carbocycles. The van der Waals surface area contributed by atoms with Crippen LogP contribution in [-0.2, 0) is 22.2 Å². The third-order valence-electron chi connectivity index (χ3n) is 3.41. The number of aldehydes is 1. The van der Waals surface area contributed by atoms with Crippen LogP contribution >= 0.6 is 0 Å². The van der Waals surface area contributed by atoms with E-state index in [9.17, 15) is 4.79 Å². The average Bonchev–Trinajstić information content (AvgIpc) is 2.62. The Kier molecular flexibility index (Phi) is 4.33. The summed E-state index contributed by atoms with van der Waals surface area (Å²) in [5.41, 5.74) is 0.911. The highest BCUT2D eigenvalue weighted by Gasteiger charge is 2.37. The van der Waals surface area contributed by atoms with E-state index in [0.29, 0.717) is 13.0 Å². The second kappa shape index (κ2) is 5.19. The monoisotopic (exact) mass is 254 g/mol. The third kappa shape index (κ3) is 3.82. The van der Waals surface area contributed by atoms with E-state index in [1.165, 1.54) is 0 Å². The van der Waals surface area contributed by atoms with Crippen LogP contribution in [0.1, 0.15) is 32.1 Å². The summed E-state index contributed by atoms with van der Waals surface area (Å²) in [5, 5.41) is 0.200. The standard InChI is InChI=1S/C13H22O3Si/c1-13(2,3)17(4,5)16-10-12-8-11(6-7-14)9-15-12/h7-9H,6,10H2,1-5H3. The Morgan fingerprint density at radius 2 is 2.06 bits per heavy atom. The molecule has 0 unspecified atom stereocenters. The maximum atomic E-state index is 10.4. The Balaban J connectivity index is 2.58. The zero-order valence-electron chi connectivity index (χ0n) is 11.4. The molecule has 17 heavy (non-hydrogen) atoms. The topological polar surface area (TPSA) is 39.4 Å². The summed E-state index contributed by atoms with van der Waals surface area (Å²) >= 11 is 0. The highest BCUT2D eigenvalue weighted by Crippen LogP contribution is 2.37.